The smallest absolute Gasteiger partial charge is 0.313 e. The molecule has 1 spiro atoms. The molecule has 0 aromatic heterocycles. The minimum atomic E-state index is -1.37. The van der Waals surface area contributed by atoms with Gasteiger partial charge in [0.05, 0.1) is 43.2 Å². The first-order valence-corrected chi connectivity index (χ1v) is 18.8. The monoisotopic (exact) mass is 779 g/mol. The summed E-state index contributed by atoms with van der Waals surface area (Å²) in [5, 5.41) is 13.8. The zero-order valence-electron chi connectivity index (χ0n) is 30.1. The van der Waals surface area contributed by atoms with Gasteiger partial charge in [-0.3, -0.25) is 19.2 Å². The van der Waals surface area contributed by atoms with E-state index in [1.165, 1.54) is 12.0 Å². The average molecular weight is 781 g/mol. The van der Waals surface area contributed by atoms with Gasteiger partial charge in [0.15, 0.2) is 0 Å². The fourth-order valence-corrected chi connectivity index (χ4v) is 9.07. The number of allylic oxidation sites excluding steroid dienone is 1. The fraction of sp³-hybridized carbons (Fsp3) is 0.500. The Labute approximate surface area is 314 Å². The summed E-state index contributed by atoms with van der Waals surface area (Å²) in [6.07, 6.45) is 2.80. The third-order valence-electron chi connectivity index (χ3n) is 10.4. The number of halogens is 1. The van der Waals surface area contributed by atoms with Gasteiger partial charge in [-0.1, -0.05) is 88.7 Å². The summed E-state index contributed by atoms with van der Waals surface area (Å²) in [4.78, 5) is 60.0. The number of carbonyl (C=O) groups excluding carboxylic acids is 4. The van der Waals surface area contributed by atoms with Crippen LogP contribution in [0.25, 0.3) is 0 Å². The Bertz CT molecular complexity index is 1590. The van der Waals surface area contributed by atoms with E-state index in [9.17, 15) is 24.3 Å². The molecule has 52 heavy (non-hydrogen) atoms. The third kappa shape index (κ3) is 7.76. The van der Waals surface area contributed by atoms with Gasteiger partial charge in [-0.15, -0.1) is 13.2 Å². The molecule has 12 heteroatoms. The highest BCUT2D eigenvalue weighted by Gasteiger charge is 2.77. The van der Waals surface area contributed by atoms with E-state index in [1.54, 1.807) is 29.2 Å². The van der Waals surface area contributed by atoms with Crippen molar-refractivity contribution in [3.05, 3.63) is 97.1 Å². The van der Waals surface area contributed by atoms with Gasteiger partial charge in [-0.25, -0.2) is 0 Å². The number of rotatable bonds is 18. The van der Waals surface area contributed by atoms with E-state index in [0.717, 1.165) is 5.56 Å². The van der Waals surface area contributed by atoms with Crippen molar-refractivity contribution in [3.63, 3.8) is 0 Å². The lowest BCUT2D eigenvalue weighted by Gasteiger charge is -2.40. The van der Waals surface area contributed by atoms with Crippen LogP contribution in [-0.2, 0) is 39.8 Å². The van der Waals surface area contributed by atoms with Gasteiger partial charge in [-0.2, -0.15) is 0 Å². The van der Waals surface area contributed by atoms with Gasteiger partial charge in [0.1, 0.15) is 17.7 Å². The van der Waals surface area contributed by atoms with Gasteiger partial charge < -0.3 is 34.4 Å². The Morgan fingerprint density at radius 1 is 1.12 bits per heavy atom. The molecule has 2 bridgehead atoms. The number of likely N-dealkylation sites (tertiary alicyclic amines) is 1. The van der Waals surface area contributed by atoms with Crippen LogP contribution in [0.2, 0.25) is 0 Å². The van der Waals surface area contributed by atoms with E-state index in [2.05, 4.69) is 34.4 Å². The van der Waals surface area contributed by atoms with E-state index in [0.29, 0.717) is 18.4 Å². The summed E-state index contributed by atoms with van der Waals surface area (Å²) < 4.78 is 18.6. The standard InChI is InChI=1S/C40H50BrN3O8/c1-6-8-19-31(46)42-30(24-50-5)34(27-17-13-10-14-18-27)51-39(49)32-33-37(47)44(28(23-45)21-26-15-11-9-12-16-26)36(38(48)43(20-7-2)25(3)4)40(33)22-29(41)35(32)52-40/h6-7,9-18,25,28-30,32-36,45H,1-2,8,19-24H2,3-5H3,(H,42,46)/t28-,29?,30-,32-,33+,34-,35-,36-,40+/m1/s1. The highest BCUT2D eigenvalue weighted by atomic mass is 79.9. The van der Waals surface area contributed by atoms with Crippen molar-refractivity contribution in [2.45, 2.75) is 86.3 Å². The van der Waals surface area contributed by atoms with Gasteiger partial charge in [0.2, 0.25) is 17.7 Å². The molecule has 0 saturated carbocycles. The Kier molecular flexibility index (Phi) is 13.1. The van der Waals surface area contributed by atoms with Crippen molar-refractivity contribution >= 4 is 39.6 Å². The molecule has 3 heterocycles. The molecule has 2 aromatic carbocycles. The predicted molar refractivity (Wildman–Crippen MR) is 199 cm³/mol. The van der Waals surface area contributed by atoms with Crippen LogP contribution in [0.15, 0.2) is 86.0 Å². The normalized spacial score (nSPS) is 26.4. The van der Waals surface area contributed by atoms with Gasteiger partial charge >= 0.3 is 5.97 Å². The number of amides is 3. The van der Waals surface area contributed by atoms with E-state index in [-0.39, 0.29) is 48.7 Å². The number of aliphatic hydroxyl groups excluding tert-OH is 1. The maximum Gasteiger partial charge on any atom is 0.313 e. The number of aliphatic hydroxyl groups is 1. The summed E-state index contributed by atoms with van der Waals surface area (Å²) in [5.74, 6) is -3.87. The van der Waals surface area contributed by atoms with Gasteiger partial charge in [-0.05, 0) is 44.2 Å². The van der Waals surface area contributed by atoms with Crippen molar-refractivity contribution < 1.29 is 38.5 Å². The molecule has 3 aliphatic heterocycles. The summed E-state index contributed by atoms with van der Waals surface area (Å²) in [7, 11) is 1.50. The zero-order valence-corrected chi connectivity index (χ0v) is 31.7. The lowest BCUT2D eigenvalue weighted by Crippen LogP contribution is -2.60. The second-order valence-corrected chi connectivity index (χ2v) is 15.2. The number of ether oxygens (including phenoxy) is 3. The molecule has 3 fully saturated rings. The van der Waals surface area contributed by atoms with E-state index in [1.807, 2.05) is 62.4 Å². The molecule has 280 valence electrons. The minimum absolute atomic E-state index is 0.0427. The Balaban J connectivity index is 1.55. The van der Waals surface area contributed by atoms with Gasteiger partial charge in [0.25, 0.3) is 0 Å². The number of fused-ring (bicyclic) bond motifs is 1. The first-order chi connectivity index (χ1) is 25.0. The highest BCUT2D eigenvalue weighted by Crippen LogP contribution is 2.61. The summed E-state index contributed by atoms with van der Waals surface area (Å²) in [6, 6.07) is 15.6. The van der Waals surface area contributed by atoms with E-state index in [4.69, 9.17) is 14.2 Å². The quantitative estimate of drug-likeness (QED) is 0.131. The zero-order chi connectivity index (χ0) is 37.6. The second-order valence-electron chi connectivity index (χ2n) is 14.0. The number of methoxy groups -OCH3 is 1. The number of hydrogen-bond acceptors (Lipinski definition) is 8. The predicted octanol–water partition coefficient (Wildman–Crippen LogP) is 4.14. The van der Waals surface area contributed by atoms with Crippen molar-refractivity contribution in [3.8, 4) is 0 Å². The number of alkyl halides is 1. The molecule has 0 aliphatic carbocycles. The number of benzene rings is 2. The first-order valence-electron chi connectivity index (χ1n) is 17.9. The summed E-state index contributed by atoms with van der Waals surface area (Å²) in [6.45, 7) is 11.2. The maximum atomic E-state index is 14.9. The van der Waals surface area contributed by atoms with Crippen molar-refractivity contribution in [2.24, 2.45) is 11.8 Å². The lowest BCUT2D eigenvalue weighted by molar-refractivity contribution is -0.163. The minimum Gasteiger partial charge on any atom is -0.455 e. The topological polar surface area (TPSA) is 135 Å². The largest absolute Gasteiger partial charge is 0.455 e. The molecule has 3 amide bonds. The van der Waals surface area contributed by atoms with Gasteiger partial charge in [0, 0.05) is 30.9 Å². The van der Waals surface area contributed by atoms with Crippen LogP contribution in [0, 0.1) is 11.8 Å². The van der Waals surface area contributed by atoms with Crippen LogP contribution in [0.4, 0.5) is 0 Å². The Hall–Kier alpha value is -3.84. The number of nitrogens with one attached hydrogen (secondary N) is 1. The maximum absolute atomic E-state index is 14.9. The van der Waals surface area contributed by atoms with Crippen molar-refractivity contribution in [1.29, 1.82) is 0 Å². The summed E-state index contributed by atoms with van der Waals surface area (Å²) >= 11 is 3.74. The van der Waals surface area contributed by atoms with Crippen LogP contribution in [0.3, 0.4) is 0 Å². The number of nitrogens with zero attached hydrogens (tertiary/aromatic N) is 2. The molecule has 5 rings (SSSR count). The third-order valence-corrected chi connectivity index (χ3v) is 11.2. The Morgan fingerprint density at radius 2 is 1.79 bits per heavy atom. The molecule has 2 aromatic rings. The van der Waals surface area contributed by atoms with Crippen molar-refractivity contribution in [2.75, 3.05) is 26.9 Å². The number of hydrogen-bond donors (Lipinski definition) is 2. The molecule has 0 radical (unpaired) electrons. The van der Waals surface area contributed by atoms with Crippen LogP contribution in [0.1, 0.15) is 50.3 Å². The van der Waals surface area contributed by atoms with E-state index < -0.39 is 66.3 Å². The molecule has 3 saturated heterocycles. The Morgan fingerprint density at radius 3 is 2.38 bits per heavy atom. The molecule has 9 atom stereocenters. The van der Waals surface area contributed by atoms with Crippen LogP contribution >= 0.6 is 15.9 Å². The van der Waals surface area contributed by atoms with Crippen LogP contribution in [-0.4, -0.2) is 106 Å². The van der Waals surface area contributed by atoms with Crippen molar-refractivity contribution in [1.82, 2.24) is 15.1 Å². The van der Waals surface area contributed by atoms with Crippen LogP contribution < -0.4 is 5.32 Å². The fourth-order valence-electron chi connectivity index (χ4n) is 8.12. The SMILES string of the molecule is C=CCCC(=O)N[C@H](COC)[C@H](OC(=O)[C@H]1[C@@H]2O[C@@]3(CC2Br)[C@@H]1C(=O)N([C@@H](CO)Cc1ccccc1)[C@@H]3C(=O)N(CC=C)C(C)C)c1ccccc1. The van der Waals surface area contributed by atoms with Crippen LogP contribution in [0.5, 0.6) is 0 Å². The molecule has 11 nitrogen and oxygen atoms in total. The lowest BCUT2D eigenvalue weighted by atomic mass is 9.70. The molecule has 3 aliphatic rings. The second kappa shape index (κ2) is 17.3. The molecule has 1 unspecified atom stereocenters. The molecular formula is C40H50BrN3O8. The first kappa shape index (κ1) is 39.4. The molecule has 2 N–H and O–H groups in total. The molecular weight excluding hydrogens is 730 g/mol. The average Bonchev–Trinajstić information content (AvgIpc) is 3.74. The van der Waals surface area contributed by atoms with E-state index >= 15 is 0 Å². The summed E-state index contributed by atoms with van der Waals surface area (Å²) in [5.41, 5.74) is 0.137. The number of esters is 1. The number of carbonyl (C=O) groups is 4. The highest BCUT2D eigenvalue weighted by molar-refractivity contribution is 9.09.